The smallest absolute Gasteiger partial charge is 0.423 e. The summed E-state index contributed by atoms with van der Waals surface area (Å²) in [5, 5.41) is 22.3. The minimum atomic E-state index is -1.66. The van der Waals surface area contributed by atoms with Gasteiger partial charge in [-0.15, -0.1) is 0 Å². The van der Waals surface area contributed by atoms with Gasteiger partial charge in [0.25, 0.3) is 0 Å². The lowest BCUT2D eigenvalue weighted by Crippen LogP contribution is -2.31. The summed E-state index contributed by atoms with van der Waals surface area (Å²) < 4.78 is 15.1. The van der Waals surface area contributed by atoms with Crippen molar-refractivity contribution in [1.82, 2.24) is 14.7 Å². The molecule has 20 heavy (non-hydrogen) atoms. The Morgan fingerprint density at radius 2 is 1.95 bits per heavy atom. The Bertz CT molecular complexity index is 589. The predicted octanol–water partition coefficient (Wildman–Crippen LogP) is -0.129. The number of halogens is 1. The molecule has 1 aromatic carbocycles. The number of nitrogens with zero attached hydrogens (tertiary/aromatic N) is 3. The maximum absolute atomic E-state index is 13.4. The average molecular weight is 277 g/mol. The Balaban J connectivity index is 2.05. The van der Waals surface area contributed by atoms with Crippen LogP contribution in [0.5, 0.6) is 0 Å². The van der Waals surface area contributed by atoms with Crippen LogP contribution in [-0.2, 0) is 20.1 Å². The van der Waals surface area contributed by atoms with Crippen molar-refractivity contribution in [3.8, 4) is 0 Å². The van der Waals surface area contributed by atoms with Gasteiger partial charge >= 0.3 is 7.12 Å². The van der Waals surface area contributed by atoms with Gasteiger partial charge in [-0.2, -0.15) is 5.10 Å². The van der Waals surface area contributed by atoms with Crippen molar-refractivity contribution in [2.45, 2.75) is 13.1 Å². The molecule has 7 heteroatoms. The molecule has 1 heterocycles. The number of hydrogen-bond donors (Lipinski definition) is 2. The summed E-state index contributed by atoms with van der Waals surface area (Å²) in [5.41, 5.74) is 1.92. The maximum atomic E-state index is 13.4. The summed E-state index contributed by atoms with van der Waals surface area (Å²) in [5.74, 6) is -0.472. The summed E-state index contributed by atoms with van der Waals surface area (Å²) in [4.78, 5) is 2.00. The fourth-order valence-electron chi connectivity index (χ4n) is 2.15. The highest BCUT2D eigenvalue weighted by atomic mass is 19.1. The topological polar surface area (TPSA) is 61.5 Å². The number of benzene rings is 1. The zero-order chi connectivity index (χ0) is 14.7. The second-order valence-electron chi connectivity index (χ2n) is 4.96. The van der Waals surface area contributed by atoms with Gasteiger partial charge in [0.2, 0.25) is 0 Å². The Morgan fingerprint density at radius 3 is 2.55 bits per heavy atom. The van der Waals surface area contributed by atoms with Crippen LogP contribution >= 0.6 is 0 Å². The van der Waals surface area contributed by atoms with Crippen molar-refractivity contribution in [2.24, 2.45) is 7.05 Å². The van der Waals surface area contributed by atoms with Gasteiger partial charge in [0, 0.05) is 31.9 Å². The third kappa shape index (κ3) is 3.90. The number of rotatable bonds is 5. The molecule has 0 atom stereocenters. The summed E-state index contributed by atoms with van der Waals surface area (Å²) in [6, 6.07) is 4.11. The minimum Gasteiger partial charge on any atom is -0.423 e. The highest BCUT2D eigenvalue weighted by molar-refractivity contribution is 6.58. The van der Waals surface area contributed by atoms with Crippen molar-refractivity contribution in [3.05, 3.63) is 47.5 Å². The van der Waals surface area contributed by atoms with E-state index in [2.05, 4.69) is 5.10 Å². The first kappa shape index (κ1) is 14.7. The van der Waals surface area contributed by atoms with Crippen LogP contribution in [0.1, 0.15) is 11.1 Å². The lowest BCUT2D eigenvalue weighted by molar-refractivity contribution is 0.318. The molecule has 0 amide bonds. The first-order chi connectivity index (χ1) is 9.44. The van der Waals surface area contributed by atoms with Gasteiger partial charge in [-0.3, -0.25) is 9.58 Å². The second kappa shape index (κ2) is 6.17. The molecule has 0 radical (unpaired) electrons. The minimum absolute atomic E-state index is 0.162. The van der Waals surface area contributed by atoms with Crippen LogP contribution in [0.25, 0.3) is 0 Å². The fourth-order valence-corrected chi connectivity index (χ4v) is 2.15. The Hall–Kier alpha value is -1.70. The molecule has 0 aliphatic carbocycles. The molecule has 1 aromatic heterocycles. The molecule has 0 aliphatic rings. The van der Waals surface area contributed by atoms with Crippen molar-refractivity contribution in [2.75, 3.05) is 7.05 Å². The molecule has 0 saturated carbocycles. The Labute approximate surface area is 117 Å². The SMILES string of the molecule is CN(Cc1cc(F)cc(B(O)O)c1)Cc1cnn(C)c1. The highest BCUT2D eigenvalue weighted by Crippen LogP contribution is 2.08. The van der Waals surface area contributed by atoms with Crippen LogP contribution in [-0.4, -0.2) is 38.9 Å². The standard InChI is InChI=1S/C13H17BFN3O2/c1-17(8-11-6-16-18(2)9-11)7-10-3-12(14(19)20)5-13(15)4-10/h3-6,9,19-20H,7-8H2,1-2H3. The van der Waals surface area contributed by atoms with Crippen molar-refractivity contribution in [1.29, 1.82) is 0 Å². The van der Waals surface area contributed by atoms with Gasteiger partial charge in [-0.1, -0.05) is 6.07 Å². The van der Waals surface area contributed by atoms with E-state index < -0.39 is 12.9 Å². The lowest BCUT2D eigenvalue weighted by atomic mass is 9.79. The van der Waals surface area contributed by atoms with E-state index in [1.165, 1.54) is 6.07 Å². The van der Waals surface area contributed by atoms with Gasteiger partial charge in [-0.25, -0.2) is 4.39 Å². The Kier molecular flexibility index (Phi) is 4.54. The largest absolute Gasteiger partial charge is 0.488 e. The number of hydrogen-bond acceptors (Lipinski definition) is 4. The third-order valence-corrected chi connectivity index (χ3v) is 2.94. The zero-order valence-electron chi connectivity index (χ0n) is 11.5. The van der Waals surface area contributed by atoms with E-state index in [4.69, 9.17) is 10.0 Å². The molecule has 2 rings (SSSR count). The van der Waals surface area contributed by atoms with Crippen LogP contribution in [0.15, 0.2) is 30.6 Å². The molecule has 0 unspecified atom stereocenters. The number of aryl methyl sites for hydroxylation is 1. The monoisotopic (exact) mass is 277 g/mol. The molecule has 0 fully saturated rings. The first-order valence-corrected chi connectivity index (χ1v) is 6.25. The lowest BCUT2D eigenvalue weighted by Gasteiger charge is -2.16. The third-order valence-electron chi connectivity index (χ3n) is 2.94. The molecule has 0 saturated heterocycles. The van der Waals surface area contributed by atoms with Crippen LogP contribution in [0.4, 0.5) is 4.39 Å². The van der Waals surface area contributed by atoms with E-state index in [0.29, 0.717) is 18.7 Å². The molecule has 0 bridgehead atoms. The molecule has 2 aromatic rings. The predicted molar refractivity (Wildman–Crippen MR) is 74.6 cm³/mol. The quantitative estimate of drug-likeness (QED) is 0.747. The van der Waals surface area contributed by atoms with E-state index in [0.717, 1.165) is 11.6 Å². The second-order valence-corrected chi connectivity index (χ2v) is 4.96. The van der Waals surface area contributed by atoms with Crippen LogP contribution < -0.4 is 5.46 Å². The number of aromatic nitrogens is 2. The summed E-state index contributed by atoms with van der Waals surface area (Å²) in [7, 11) is 2.10. The normalized spacial score (nSPS) is 11.1. The van der Waals surface area contributed by atoms with Crippen LogP contribution in [0, 0.1) is 5.82 Å². The average Bonchev–Trinajstić information content (AvgIpc) is 2.73. The molecule has 0 spiro atoms. The van der Waals surface area contributed by atoms with Gasteiger partial charge in [0.15, 0.2) is 0 Å². The molecule has 2 N–H and O–H groups in total. The Morgan fingerprint density at radius 1 is 1.25 bits per heavy atom. The van der Waals surface area contributed by atoms with Gasteiger partial charge in [0.1, 0.15) is 5.82 Å². The van der Waals surface area contributed by atoms with Crippen molar-refractivity contribution >= 4 is 12.6 Å². The zero-order valence-corrected chi connectivity index (χ0v) is 11.5. The summed E-state index contributed by atoms with van der Waals surface area (Å²) >= 11 is 0. The molecule has 0 aliphatic heterocycles. The van der Waals surface area contributed by atoms with E-state index in [1.807, 2.05) is 25.2 Å². The van der Waals surface area contributed by atoms with Crippen LogP contribution in [0.2, 0.25) is 0 Å². The first-order valence-electron chi connectivity index (χ1n) is 6.25. The van der Waals surface area contributed by atoms with Crippen LogP contribution in [0.3, 0.4) is 0 Å². The maximum Gasteiger partial charge on any atom is 0.488 e. The summed E-state index contributed by atoms with van der Waals surface area (Å²) in [6.45, 7) is 1.19. The van der Waals surface area contributed by atoms with E-state index >= 15 is 0 Å². The van der Waals surface area contributed by atoms with E-state index in [1.54, 1.807) is 16.9 Å². The van der Waals surface area contributed by atoms with E-state index in [-0.39, 0.29) is 5.46 Å². The highest BCUT2D eigenvalue weighted by Gasteiger charge is 2.14. The summed E-state index contributed by atoms with van der Waals surface area (Å²) in [6.07, 6.45) is 3.70. The molecule has 106 valence electrons. The van der Waals surface area contributed by atoms with E-state index in [9.17, 15) is 4.39 Å². The molecular formula is C13H17BFN3O2. The fraction of sp³-hybridized carbons (Fsp3) is 0.308. The van der Waals surface area contributed by atoms with Gasteiger partial charge < -0.3 is 10.0 Å². The van der Waals surface area contributed by atoms with Crippen molar-refractivity contribution < 1.29 is 14.4 Å². The van der Waals surface area contributed by atoms with Gasteiger partial charge in [-0.05, 0) is 30.2 Å². The van der Waals surface area contributed by atoms with Crippen molar-refractivity contribution in [3.63, 3.8) is 0 Å². The molecule has 5 nitrogen and oxygen atoms in total. The van der Waals surface area contributed by atoms with Gasteiger partial charge in [0.05, 0.1) is 6.20 Å². The molecular weight excluding hydrogens is 260 g/mol.